The van der Waals surface area contributed by atoms with Crippen molar-refractivity contribution in [3.63, 3.8) is 0 Å². The van der Waals surface area contributed by atoms with Crippen LogP contribution in [-0.4, -0.2) is 167 Å². The summed E-state index contributed by atoms with van der Waals surface area (Å²) < 4.78 is 515. The predicted molar refractivity (Wildman–Crippen MR) is 196 cm³/mol. The molecule has 0 unspecified atom stereocenters. The minimum atomic E-state index is -9.07. The van der Waals surface area contributed by atoms with Crippen LogP contribution in [0.1, 0.15) is 12.0 Å². The van der Waals surface area contributed by atoms with E-state index in [1.807, 2.05) is 16.0 Å². The molecule has 0 saturated heterocycles. The molecule has 1 aromatic rings. The molecule has 476 valence electrons. The minimum absolute atomic E-state index is 0.00826. The van der Waals surface area contributed by atoms with Crippen LogP contribution in [0.5, 0.6) is 0 Å². The number of carbonyl (C=O) groups is 2. The summed E-state index contributed by atoms with van der Waals surface area (Å²) in [6.07, 6.45) is -20.8. The first-order chi connectivity index (χ1) is 35.4. The molecule has 4 N–H and O–H groups in total. The number of anilines is 2. The highest BCUT2D eigenvalue weighted by Gasteiger charge is 2.98. The topological polar surface area (TPSA) is 169 Å². The number of rotatable bonds is 28. The molecule has 0 heterocycles. The van der Waals surface area contributed by atoms with Crippen LogP contribution >= 0.6 is 0 Å². The van der Waals surface area contributed by atoms with Crippen molar-refractivity contribution < 1.29 is 185 Å². The van der Waals surface area contributed by atoms with E-state index in [1.54, 1.807) is 0 Å². The molecule has 1 aromatic carbocycles. The van der Waals surface area contributed by atoms with E-state index in [1.165, 1.54) is 6.92 Å². The SMILES string of the molecule is Cc1ccc(NC(=O)OCCNCCCS(=O)(=O)C(F)(F)C(F)(F)C(F)(F)C(F)(F)C(F)(F)C(F)(F)C(F)(F)C(F)(F)F)cc1NC(=O)OCCNCS(=O)(=O)C(F)(F)C(F)(F)C(F)(F)C(F)(F)C(F)(F)C(F)(F)C(F)(F)C(F)(F)F. The lowest BCUT2D eigenvalue weighted by atomic mass is 9.91. The largest absolute Gasteiger partial charge is 0.460 e. The average molecular weight is 1320 g/mol. The third-order valence-electron chi connectivity index (χ3n) is 9.97. The summed E-state index contributed by atoms with van der Waals surface area (Å²) in [5, 5.41) is -8.71. The Hall–Kier alpha value is -4.80. The zero-order chi connectivity index (χ0) is 64.9. The maximum atomic E-state index is 14.3. The summed E-state index contributed by atoms with van der Waals surface area (Å²) in [5.74, 6) is -111. The van der Waals surface area contributed by atoms with Crippen LogP contribution in [0, 0.1) is 6.92 Å². The number of amides is 2. The second kappa shape index (κ2) is 22.7. The summed E-state index contributed by atoms with van der Waals surface area (Å²) in [4.78, 5) is 24.3. The quantitative estimate of drug-likeness (QED) is 0.0468. The smallest absolute Gasteiger partial charge is 0.448 e. The lowest BCUT2D eigenvalue weighted by molar-refractivity contribution is -0.458. The fourth-order valence-corrected chi connectivity index (χ4v) is 7.61. The highest BCUT2D eigenvalue weighted by Crippen LogP contribution is 2.66. The molecule has 0 bridgehead atoms. The summed E-state index contributed by atoms with van der Waals surface area (Å²) in [5.41, 5.74) is -0.781. The number of alkyl halides is 34. The van der Waals surface area contributed by atoms with Gasteiger partial charge < -0.3 is 20.1 Å². The van der Waals surface area contributed by atoms with E-state index in [9.17, 15) is 176 Å². The van der Waals surface area contributed by atoms with Gasteiger partial charge in [0, 0.05) is 24.5 Å². The van der Waals surface area contributed by atoms with Crippen molar-refractivity contribution in [3.05, 3.63) is 23.8 Å². The Bertz CT molecular complexity index is 2630. The Morgan fingerprint density at radius 2 is 0.716 bits per heavy atom. The summed E-state index contributed by atoms with van der Waals surface area (Å²) in [6.45, 7) is -4.28. The molecule has 48 heteroatoms. The van der Waals surface area contributed by atoms with Crippen LogP contribution in [0.25, 0.3) is 0 Å². The normalized spacial score (nSPS) is 15.4. The highest BCUT2D eigenvalue weighted by atomic mass is 32.2. The first-order valence-corrected chi connectivity index (χ1v) is 22.9. The van der Waals surface area contributed by atoms with E-state index in [0.29, 0.717) is 0 Å². The number of hydrogen-bond acceptors (Lipinski definition) is 10. The summed E-state index contributed by atoms with van der Waals surface area (Å²) >= 11 is 0. The maximum Gasteiger partial charge on any atom is 0.460 e. The van der Waals surface area contributed by atoms with Crippen molar-refractivity contribution in [1.82, 2.24) is 10.6 Å². The molecule has 0 spiro atoms. The molecule has 0 atom stereocenters. The molecule has 2 amide bonds. The van der Waals surface area contributed by atoms with E-state index in [-0.39, 0.29) is 11.3 Å². The van der Waals surface area contributed by atoms with Crippen molar-refractivity contribution in [2.75, 3.05) is 55.1 Å². The minimum Gasteiger partial charge on any atom is -0.448 e. The first-order valence-electron chi connectivity index (χ1n) is 19.6. The molecule has 0 aliphatic rings. The summed E-state index contributed by atoms with van der Waals surface area (Å²) in [7, 11) is -14.9. The highest BCUT2D eigenvalue weighted by molar-refractivity contribution is 7.92. The molecule has 12 nitrogen and oxygen atoms in total. The fraction of sp³-hybridized carbons (Fsp3) is 0.758. The maximum absolute atomic E-state index is 14.3. The van der Waals surface area contributed by atoms with E-state index in [0.717, 1.165) is 23.5 Å². The zero-order valence-corrected chi connectivity index (χ0v) is 39.5. The molecule has 81 heavy (non-hydrogen) atoms. The molecular formula is C33H26F34N4O8S2. The van der Waals surface area contributed by atoms with Crippen LogP contribution in [0.15, 0.2) is 18.2 Å². The zero-order valence-electron chi connectivity index (χ0n) is 37.8. The van der Waals surface area contributed by atoms with Gasteiger partial charge in [0.2, 0.25) is 19.7 Å². The predicted octanol–water partition coefficient (Wildman–Crippen LogP) is 11.4. The monoisotopic (exact) mass is 1320 g/mol. The van der Waals surface area contributed by atoms with Gasteiger partial charge in [-0.05, 0) is 37.6 Å². The van der Waals surface area contributed by atoms with E-state index < -0.39 is 182 Å². The molecule has 1 rings (SSSR count). The number of halogens is 34. The second-order valence-electron chi connectivity index (χ2n) is 15.7. The number of benzene rings is 1. The molecule has 0 saturated carbocycles. The Morgan fingerprint density at radius 1 is 0.407 bits per heavy atom. The number of sulfone groups is 2. The van der Waals surface area contributed by atoms with Crippen molar-refractivity contribution in [2.45, 2.75) is 107 Å². The number of aryl methyl sites for hydroxylation is 1. The van der Waals surface area contributed by atoms with Gasteiger partial charge in [0.1, 0.15) is 19.1 Å². The van der Waals surface area contributed by atoms with E-state index >= 15 is 0 Å². The second-order valence-corrected chi connectivity index (χ2v) is 19.8. The lowest BCUT2D eigenvalue weighted by Crippen LogP contribution is -2.75. The van der Waals surface area contributed by atoms with Gasteiger partial charge in [-0.3, -0.25) is 10.6 Å². The van der Waals surface area contributed by atoms with Gasteiger partial charge in [-0.15, -0.1) is 0 Å². The number of hydrogen-bond donors (Lipinski definition) is 4. The van der Waals surface area contributed by atoms with Gasteiger partial charge in [0.15, 0.2) is 0 Å². The molecule has 0 radical (unpaired) electrons. The lowest BCUT2D eigenvalue weighted by Gasteiger charge is -2.42. The van der Waals surface area contributed by atoms with Crippen molar-refractivity contribution in [2.24, 2.45) is 0 Å². The Kier molecular flexibility index (Phi) is 20.8. The molecular weight excluding hydrogens is 1290 g/mol. The van der Waals surface area contributed by atoms with Gasteiger partial charge in [-0.25, -0.2) is 26.4 Å². The van der Waals surface area contributed by atoms with Crippen molar-refractivity contribution in [3.8, 4) is 0 Å². The Morgan fingerprint density at radius 3 is 1.07 bits per heavy atom. The van der Waals surface area contributed by atoms with Crippen LogP contribution in [0.3, 0.4) is 0 Å². The molecule has 0 aliphatic heterocycles. The summed E-state index contributed by atoms with van der Waals surface area (Å²) in [6, 6.07) is 2.86. The number of ether oxygens (including phenoxy) is 2. The van der Waals surface area contributed by atoms with Gasteiger partial charge in [-0.2, -0.15) is 149 Å². The van der Waals surface area contributed by atoms with E-state index in [4.69, 9.17) is 0 Å². The van der Waals surface area contributed by atoms with Gasteiger partial charge in [0.25, 0.3) is 0 Å². The number of carbonyl (C=O) groups excluding carboxylic acids is 2. The fourth-order valence-electron chi connectivity index (χ4n) is 5.19. The standard InChI is InChI=1S/C33H26F34N4O8S2/c1-13-3-4-14(70-16(72)78-8-6-68-5-2-10-80(74,75)32(64,65)28(54,55)24(46,47)20(38,39)18(34,35)22(42,43)26(50,51)30(58,59)60)11-15(13)71-17(73)79-9-7-69-12-81(76,77)33(66,67)29(56,57)25(48,49)21(40,41)19(36,37)23(44,45)27(52,53)31(61,62)63/h3-4,11,68-69H,2,5-10,12H2,1H3,(H,70,72)(H,71,73). The van der Waals surface area contributed by atoms with Crippen LogP contribution in [-0.2, 0) is 29.1 Å². The van der Waals surface area contributed by atoms with E-state index in [2.05, 4.69) is 9.47 Å². The van der Waals surface area contributed by atoms with Crippen molar-refractivity contribution >= 4 is 43.2 Å². The van der Waals surface area contributed by atoms with Gasteiger partial charge >= 0.3 is 106 Å². The molecule has 0 aromatic heterocycles. The Labute approximate surface area is 425 Å². The number of nitrogens with one attached hydrogen (secondary N) is 4. The van der Waals surface area contributed by atoms with Crippen molar-refractivity contribution in [1.29, 1.82) is 0 Å². The van der Waals surface area contributed by atoms with Gasteiger partial charge in [-0.1, -0.05) is 6.07 Å². The third-order valence-corrected chi connectivity index (χ3v) is 13.5. The van der Waals surface area contributed by atoms with Crippen LogP contribution in [0.2, 0.25) is 0 Å². The van der Waals surface area contributed by atoms with Crippen LogP contribution in [0.4, 0.5) is 170 Å². The first kappa shape index (κ1) is 74.2. The molecule has 0 fully saturated rings. The molecule has 0 aliphatic carbocycles. The van der Waals surface area contributed by atoms with Gasteiger partial charge in [0.05, 0.1) is 5.75 Å². The average Bonchev–Trinajstić information content (AvgIpc) is 3.27. The third kappa shape index (κ3) is 12.4. The van der Waals surface area contributed by atoms with Crippen LogP contribution < -0.4 is 21.3 Å². The Balaban J connectivity index is 2.89.